The number of halogens is 2. The van der Waals surface area contributed by atoms with Crippen molar-refractivity contribution in [3.63, 3.8) is 0 Å². The van der Waals surface area contributed by atoms with Gasteiger partial charge >= 0.3 is 17.6 Å². The molecule has 0 bridgehead atoms. The van der Waals surface area contributed by atoms with Crippen LogP contribution in [0.25, 0.3) is 10.9 Å². The molecular weight excluding hydrogens is 577 g/mol. The van der Waals surface area contributed by atoms with E-state index in [0.717, 1.165) is 49.4 Å². The third kappa shape index (κ3) is 4.78. The van der Waals surface area contributed by atoms with Crippen LogP contribution < -0.4 is 16.3 Å². The van der Waals surface area contributed by atoms with Crippen molar-refractivity contribution in [1.29, 1.82) is 0 Å². The van der Waals surface area contributed by atoms with Crippen molar-refractivity contribution >= 4 is 67.7 Å². The highest BCUT2D eigenvalue weighted by Crippen LogP contribution is 2.26. The van der Waals surface area contributed by atoms with Gasteiger partial charge in [0.25, 0.3) is 15.6 Å². The van der Waals surface area contributed by atoms with Gasteiger partial charge < -0.3 is 10.2 Å². The zero-order valence-electron chi connectivity index (χ0n) is 19.5. The maximum Gasteiger partial charge on any atom is 0.365 e. The highest BCUT2D eigenvalue weighted by atomic mass is 35.5. The number of carboxylic acids is 2. The number of rotatable bonds is 6. The maximum atomic E-state index is 13.8. The molecule has 4 aromatic rings. The molecule has 0 fully saturated rings. The van der Waals surface area contributed by atoms with Crippen LogP contribution in [0.15, 0.2) is 75.1 Å². The van der Waals surface area contributed by atoms with Gasteiger partial charge in [-0.25, -0.2) is 27.8 Å². The van der Waals surface area contributed by atoms with Crippen LogP contribution in [0.2, 0.25) is 10.0 Å². The Hall–Kier alpha value is -4.46. The molecule has 39 heavy (non-hydrogen) atoms. The maximum absolute atomic E-state index is 13.8. The summed E-state index contributed by atoms with van der Waals surface area (Å²) in [5.74, 6) is -4.11. The number of carboxylic acid groups (broad SMARTS) is 2. The fourth-order valence-electron chi connectivity index (χ4n) is 3.81. The smallest absolute Gasteiger partial charge is 0.365 e. The molecule has 0 atom stereocenters. The monoisotopic (exact) mass is 591 g/mol. The van der Waals surface area contributed by atoms with E-state index in [4.69, 9.17) is 23.2 Å². The molecule has 1 heterocycles. The van der Waals surface area contributed by atoms with Crippen LogP contribution in [0.1, 0.15) is 27.6 Å². The normalized spacial score (nSPS) is 11.4. The van der Waals surface area contributed by atoms with Crippen LogP contribution in [0, 0.1) is 0 Å². The van der Waals surface area contributed by atoms with E-state index in [0.29, 0.717) is 9.69 Å². The van der Waals surface area contributed by atoms with E-state index < -0.39 is 60.8 Å². The van der Waals surface area contributed by atoms with Crippen molar-refractivity contribution in [2.24, 2.45) is 0 Å². The Kier molecular flexibility index (Phi) is 7.08. The molecular formula is C24H15Cl2N3O9S. The summed E-state index contributed by atoms with van der Waals surface area (Å²) in [6.45, 7) is 0.947. The molecule has 200 valence electrons. The van der Waals surface area contributed by atoms with Crippen molar-refractivity contribution in [2.45, 2.75) is 11.8 Å². The fraction of sp³-hybridized carbons (Fsp3) is 0.0417. The largest absolute Gasteiger partial charge is 0.478 e. The zero-order chi connectivity index (χ0) is 28.8. The predicted molar refractivity (Wildman–Crippen MR) is 140 cm³/mol. The molecule has 12 nitrogen and oxygen atoms in total. The number of carbonyl (C=O) groups is 3. The van der Waals surface area contributed by atoms with Gasteiger partial charge in [-0.1, -0.05) is 23.2 Å². The highest BCUT2D eigenvalue weighted by molar-refractivity contribution is 7.90. The van der Waals surface area contributed by atoms with E-state index in [1.54, 1.807) is 0 Å². The predicted octanol–water partition coefficient (Wildman–Crippen LogP) is 2.92. The van der Waals surface area contributed by atoms with Crippen molar-refractivity contribution in [3.05, 3.63) is 103 Å². The summed E-state index contributed by atoms with van der Waals surface area (Å²) in [6, 6.07) is 10.8. The number of carbonyl (C=O) groups excluding carboxylic acids is 1. The molecule has 3 aromatic carbocycles. The van der Waals surface area contributed by atoms with Gasteiger partial charge in [-0.3, -0.25) is 9.59 Å². The SMILES string of the molecule is CC(=O)N(c1ccc(C(=O)O)cc1C(=O)O)n1c(=O)n(S(=O)(=O)c2ccc(Cl)cc2)c(=O)c2ccc(Cl)cc21. The number of aromatic carboxylic acids is 2. The third-order valence-electron chi connectivity index (χ3n) is 5.51. The number of anilines is 1. The molecule has 0 radical (unpaired) electrons. The number of hydrogen-bond donors (Lipinski definition) is 2. The van der Waals surface area contributed by atoms with Gasteiger partial charge in [0.2, 0.25) is 5.91 Å². The molecule has 0 saturated carbocycles. The first kappa shape index (κ1) is 27.6. The van der Waals surface area contributed by atoms with E-state index in [1.807, 2.05) is 0 Å². The Morgan fingerprint density at radius 1 is 0.846 bits per heavy atom. The van der Waals surface area contributed by atoms with E-state index in [9.17, 15) is 42.6 Å². The summed E-state index contributed by atoms with van der Waals surface area (Å²) in [5.41, 5.74) is -4.77. The third-order valence-corrected chi connectivity index (χ3v) is 7.67. The van der Waals surface area contributed by atoms with Crippen molar-refractivity contribution in [3.8, 4) is 0 Å². The molecule has 15 heteroatoms. The van der Waals surface area contributed by atoms with Crippen molar-refractivity contribution in [1.82, 2.24) is 8.65 Å². The summed E-state index contributed by atoms with van der Waals surface area (Å²) in [5, 5.41) is 19.4. The lowest BCUT2D eigenvalue weighted by Crippen LogP contribution is -2.51. The second-order valence-electron chi connectivity index (χ2n) is 7.96. The molecule has 0 saturated heterocycles. The standard InChI is InChI=1S/C24H15Cl2N3O9S/c1-12(30)27(19-9-2-13(22(32)33)10-18(19)23(34)35)28-20-11-15(26)5-8-17(20)21(31)29(24(28)36)39(37,38)16-6-3-14(25)4-7-16/h2-11H,1H3,(H,32,33)(H,34,35). The molecule has 2 N–H and O–H groups in total. The number of fused-ring (bicyclic) bond motifs is 1. The Morgan fingerprint density at radius 2 is 1.46 bits per heavy atom. The topological polar surface area (TPSA) is 173 Å². The van der Waals surface area contributed by atoms with Gasteiger partial charge in [0.1, 0.15) is 0 Å². The van der Waals surface area contributed by atoms with E-state index in [2.05, 4.69) is 0 Å². The Labute approximate surface area is 228 Å². The summed E-state index contributed by atoms with van der Waals surface area (Å²) in [6.07, 6.45) is 0. The van der Waals surface area contributed by atoms with Crippen LogP contribution in [0.4, 0.5) is 5.69 Å². The first-order chi connectivity index (χ1) is 18.2. The molecule has 0 unspecified atom stereocenters. The average Bonchev–Trinajstić information content (AvgIpc) is 2.86. The van der Waals surface area contributed by atoms with Gasteiger partial charge in [0, 0.05) is 17.0 Å². The second-order valence-corrected chi connectivity index (χ2v) is 10.6. The number of nitrogens with zero attached hydrogens (tertiary/aromatic N) is 3. The van der Waals surface area contributed by atoms with Gasteiger partial charge in [-0.05, 0) is 60.7 Å². The first-order valence-electron chi connectivity index (χ1n) is 10.7. The lowest BCUT2D eigenvalue weighted by molar-refractivity contribution is -0.117. The van der Waals surface area contributed by atoms with E-state index in [-0.39, 0.29) is 24.9 Å². The zero-order valence-corrected chi connectivity index (χ0v) is 21.9. The van der Waals surface area contributed by atoms with Gasteiger partial charge in [-0.15, -0.1) is 3.97 Å². The summed E-state index contributed by atoms with van der Waals surface area (Å²) in [4.78, 5) is 63.1. The first-order valence-corrected chi connectivity index (χ1v) is 12.9. The molecule has 0 aliphatic carbocycles. The summed E-state index contributed by atoms with van der Waals surface area (Å²) < 4.78 is 27.4. The van der Waals surface area contributed by atoms with E-state index in [1.165, 1.54) is 18.2 Å². The lowest BCUT2D eigenvalue weighted by Gasteiger charge is -2.27. The number of amides is 1. The van der Waals surface area contributed by atoms with Crippen LogP contribution in [0.3, 0.4) is 0 Å². The summed E-state index contributed by atoms with van der Waals surface area (Å²) in [7, 11) is -4.88. The van der Waals surface area contributed by atoms with Gasteiger partial charge in [-0.2, -0.15) is 4.68 Å². The molecule has 0 aliphatic heterocycles. The number of hydrogen-bond acceptors (Lipinski definition) is 7. The minimum absolute atomic E-state index is 0.00320. The van der Waals surface area contributed by atoms with Crippen LogP contribution >= 0.6 is 23.2 Å². The second kappa shape index (κ2) is 10.0. The quantitative estimate of drug-likeness (QED) is 0.341. The minimum Gasteiger partial charge on any atom is -0.478 e. The Bertz CT molecular complexity index is 1930. The number of benzene rings is 3. The molecule has 1 amide bonds. The fourth-order valence-corrected chi connectivity index (χ4v) is 5.39. The van der Waals surface area contributed by atoms with Crippen LogP contribution in [-0.2, 0) is 14.8 Å². The van der Waals surface area contributed by atoms with Crippen LogP contribution in [0.5, 0.6) is 0 Å². The highest BCUT2D eigenvalue weighted by Gasteiger charge is 2.31. The van der Waals surface area contributed by atoms with Gasteiger partial charge in [0.15, 0.2) is 0 Å². The molecule has 1 aromatic heterocycles. The van der Waals surface area contributed by atoms with Gasteiger partial charge in [0.05, 0.1) is 32.6 Å². The minimum atomic E-state index is -4.88. The Morgan fingerprint density at radius 3 is 2.03 bits per heavy atom. The summed E-state index contributed by atoms with van der Waals surface area (Å²) >= 11 is 11.9. The lowest BCUT2D eigenvalue weighted by atomic mass is 10.1. The average molecular weight is 592 g/mol. The van der Waals surface area contributed by atoms with Crippen LogP contribution in [-0.4, -0.2) is 45.1 Å². The molecule has 0 aliphatic rings. The van der Waals surface area contributed by atoms with E-state index >= 15 is 0 Å². The number of aromatic nitrogens is 2. The Balaban J connectivity index is 2.19. The van der Waals surface area contributed by atoms with Crippen molar-refractivity contribution < 1.29 is 33.0 Å². The molecule has 4 rings (SSSR count). The molecule has 0 spiro atoms. The van der Waals surface area contributed by atoms with Crippen molar-refractivity contribution in [2.75, 3.05) is 5.01 Å².